The number of carbonyl (C=O) groups is 1. The van der Waals surface area contributed by atoms with Gasteiger partial charge in [0.15, 0.2) is 0 Å². The summed E-state index contributed by atoms with van der Waals surface area (Å²) in [7, 11) is 1.64. The molecule has 1 aliphatic rings. The Morgan fingerprint density at radius 2 is 1.71 bits per heavy atom. The lowest BCUT2D eigenvalue weighted by molar-refractivity contribution is 0.189. The molecule has 1 heterocycles. The van der Waals surface area contributed by atoms with Crippen LogP contribution in [0.25, 0.3) is 0 Å². The van der Waals surface area contributed by atoms with Crippen molar-refractivity contribution in [1.82, 2.24) is 10.2 Å². The minimum atomic E-state index is -0.459. The lowest BCUT2D eigenvalue weighted by atomic mass is 9.87. The molecule has 2 unspecified atom stereocenters. The Hall–Kier alpha value is -3.86. The topological polar surface area (TPSA) is 73.8 Å². The number of urea groups is 1. The number of hydrogen-bond acceptors (Lipinski definition) is 4. The van der Waals surface area contributed by atoms with Crippen molar-refractivity contribution in [3.63, 3.8) is 0 Å². The van der Waals surface area contributed by atoms with Crippen molar-refractivity contribution < 1.29 is 19.0 Å². The number of anilines is 1. The van der Waals surface area contributed by atoms with Crippen LogP contribution in [0.1, 0.15) is 41.9 Å². The molecule has 2 amide bonds. The fraction of sp³-hybridized carbons (Fsp3) is 0.323. The van der Waals surface area contributed by atoms with Gasteiger partial charge in [0, 0.05) is 36.2 Å². The largest absolute Gasteiger partial charge is 0.497 e. The quantitative estimate of drug-likeness (QED) is 0.428. The average Bonchev–Trinajstić information content (AvgIpc) is 2.96. The summed E-state index contributed by atoms with van der Waals surface area (Å²) in [6.07, 6.45) is 2.34. The minimum absolute atomic E-state index is 0.00881. The normalized spacial score (nSPS) is 18.1. The van der Waals surface area contributed by atoms with Crippen LogP contribution in [0.2, 0.25) is 0 Å². The van der Waals surface area contributed by atoms with E-state index in [1.165, 1.54) is 6.07 Å². The summed E-state index contributed by atoms with van der Waals surface area (Å²) in [4.78, 5) is 14.8. The molecule has 38 heavy (non-hydrogen) atoms. The van der Waals surface area contributed by atoms with Gasteiger partial charge in [0.25, 0.3) is 0 Å². The van der Waals surface area contributed by atoms with Crippen LogP contribution in [0.3, 0.4) is 0 Å². The molecule has 0 spiro atoms. The summed E-state index contributed by atoms with van der Waals surface area (Å²) in [6, 6.07) is 21.4. The monoisotopic (exact) mass is 515 g/mol. The number of hydrogen-bond donors (Lipinski definition) is 3. The molecule has 3 N–H and O–H groups in total. The van der Waals surface area contributed by atoms with Crippen LogP contribution in [0.4, 0.5) is 14.9 Å². The second-order valence-electron chi connectivity index (χ2n) is 9.34. The predicted molar refractivity (Wildman–Crippen MR) is 148 cm³/mol. The van der Waals surface area contributed by atoms with Crippen molar-refractivity contribution in [1.29, 1.82) is 0 Å². The maximum atomic E-state index is 14.1. The molecule has 2 atom stereocenters. The number of rotatable bonds is 4. The van der Waals surface area contributed by atoms with Gasteiger partial charge >= 0.3 is 6.03 Å². The highest BCUT2D eigenvalue weighted by Gasteiger charge is 2.25. The van der Waals surface area contributed by atoms with Gasteiger partial charge in [0.2, 0.25) is 0 Å². The van der Waals surface area contributed by atoms with Gasteiger partial charge in [-0.15, -0.1) is 0 Å². The zero-order valence-corrected chi connectivity index (χ0v) is 21.6. The number of carbonyl (C=O) groups excluding carboxylic acids is 1. The number of nitrogens with zero attached hydrogens (tertiary/aromatic N) is 1. The molecule has 1 saturated heterocycles. The van der Waals surface area contributed by atoms with Crippen LogP contribution in [0, 0.1) is 17.7 Å². The number of para-hydroxylation sites is 1. The fourth-order valence-corrected chi connectivity index (χ4v) is 4.65. The Balaban J connectivity index is 1.47. The van der Waals surface area contributed by atoms with Gasteiger partial charge in [0.05, 0.1) is 19.4 Å². The molecule has 0 aliphatic carbocycles. The van der Waals surface area contributed by atoms with Crippen molar-refractivity contribution in [3.05, 3.63) is 95.3 Å². The smallest absolute Gasteiger partial charge is 0.321 e. The van der Waals surface area contributed by atoms with Gasteiger partial charge in [-0.2, -0.15) is 0 Å². The molecule has 0 aromatic heterocycles. The molecule has 198 valence electrons. The van der Waals surface area contributed by atoms with E-state index in [-0.39, 0.29) is 30.3 Å². The summed E-state index contributed by atoms with van der Waals surface area (Å²) < 4.78 is 19.3. The van der Waals surface area contributed by atoms with Crippen molar-refractivity contribution in [2.24, 2.45) is 0 Å². The molecular formula is C31H34FN3O3. The van der Waals surface area contributed by atoms with Crippen molar-refractivity contribution >= 4 is 11.7 Å². The van der Waals surface area contributed by atoms with Crippen LogP contribution in [-0.4, -0.2) is 55.4 Å². The highest BCUT2D eigenvalue weighted by atomic mass is 19.1. The van der Waals surface area contributed by atoms with Crippen molar-refractivity contribution in [3.8, 4) is 17.6 Å². The molecule has 1 aliphatic heterocycles. The first kappa shape index (κ1) is 27.2. The number of ether oxygens (including phenoxy) is 1. The van der Waals surface area contributed by atoms with E-state index in [4.69, 9.17) is 4.74 Å². The van der Waals surface area contributed by atoms with E-state index < -0.39 is 5.82 Å². The standard InChI is InChI=1S/C31H34FN3O3/c1-38-26-16-12-24(13-17-26)9-8-23-10-14-25(15-11-23)27-18-21-35(20-5-4-19-33-30(27)22-36)31(37)34-29-7-3-2-6-28(29)32/h2-3,6-7,10-17,27,30,33,36H,4-5,18-22H2,1H3,(H,34,37). The Morgan fingerprint density at radius 1 is 1.03 bits per heavy atom. The second-order valence-corrected chi connectivity index (χ2v) is 9.34. The summed E-state index contributed by atoms with van der Waals surface area (Å²) >= 11 is 0. The summed E-state index contributed by atoms with van der Waals surface area (Å²) in [5.74, 6) is 6.69. The minimum Gasteiger partial charge on any atom is -0.497 e. The van der Waals surface area contributed by atoms with Gasteiger partial charge in [-0.3, -0.25) is 0 Å². The van der Waals surface area contributed by atoms with Crippen molar-refractivity contribution in [2.45, 2.75) is 31.2 Å². The summed E-state index contributed by atoms with van der Waals surface area (Å²) in [5, 5.41) is 16.4. The lowest BCUT2D eigenvalue weighted by Gasteiger charge is -2.32. The molecular weight excluding hydrogens is 481 g/mol. The second kappa shape index (κ2) is 13.6. The van der Waals surface area contributed by atoms with Crippen LogP contribution in [0.15, 0.2) is 72.8 Å². The molecule has 7 heteroatoms. The maximum absolute atomic E-state index is 14.1. The summed E-state index contributed by atoms with van der Waals surface area (Å²) in [6.45, 7) is 1.81. The Bertz CT molecular complexity index is 1250. The summed E-state index contributed by atoms with van der Waals surface area (Å²) in [5.41, 5.74) is 3.04. The first-order chi connectivity index (χ1) is 18.6. The van der Waals surface area contributed by atoms with E-state index in [1.807, 2.05) is 48.5 Å². The number of aliphatic hydroxyl groups is 1. The Labute approximate surface area is 223 Å². The average molecular weight is 516 g/mol. The van der Waals surface area contributed by atoms with Crippen LogP contribution < -0.4 is 15.4 Å². The van der Waals surface area contributed by atoms with Crippen LogP contribution in [-0.2, 0) is 0 Å². The maximum Gasteiger partial charge on any atom is 0.321 e. The number of benzene rings is 3. The fourth-order valence-electron chi connectivity index (χ4n) is 4.65. The molecule has 0 bridgehead atoms. The Morgan fingerprint density at radius 3 is 2.37 bits per heavy atom. The van der Waals surface area contributed by atoms with Gasteiger partial charge in [-0.1, -0.05) is 36.1 Å². The van der Waals surface area contributed by atoms with Gasteiger partial charge in [-0.25, -0.2) is 9.18 Å². The lowest BCUT2D eigenvalue weighted by Crippen LogP contribution is -2.43. The zero-order chi connectivity index (χ0) is 26.7. The van der Waals surface area contributed by atoms with Crippen molar-refractivity contribution in [2.75, 3.05) is 38.7 Å². The third kappa shape index (κ3) is 7.34. The number of nitrogens with one attached hydrogen (secondary N) is 2. The molecule has 0 radical (unpaired) electrons. The van der Waals surface area contributed by atoms with E-state index >= 15 is 0 Å². The highest BCUT2D eigenvalue weighted by Crippen LogP contribution is 2.26. The first-order valence-electron chi connectivity index (χ1n) is 13.0. The Kier molecular flexibility index (Phi) is 9.74. The highest BCUT2D eigenvalue weighted by molar-refractivity contribution is 5.89. The molecule has 3 aromatic rings. The van der Waals surface area contributed by atoms with Gasteiger partial charge in [0.1, 0.15) is 11.6 Å². The SMILES string of the molecule is COc1ccc(C#Cc2ccc(C3CCN(C(=O)Nc4ccccc4F)CCCCNC3CO)cc2)cc1. The van der Waals surface area contributed by atoms with Crippen LogP contribution >= 0.6 is 0 Å². The van der Waals surface area contributed by atoms with E-state index in [1.54, 1.807) is 30.2 Å². The third-order valence-electron chi connectivity index (χ3n) is 6.84. The van der Waals surface area contributed by atoms with E-state index in [0.29, 0.717) is 19.5 Å². The molecule has 4 rings (SSSR count). The molecule has 6 nitrogen and oxygen atoms in total. The number of amides is 2. The zero-order valence-electron chi connectivity index (χ0n) is 21.6. The van der Waals surface area contributed by atoms with E-state index in [0.717, 1.165) is 41.8 Å². The van der Waals surface area contributed by atoms with E-state index in [9.17, 15) is 14.3 Å². The number of halogens is 1. The number of methoxy groups -OCH3 is 1. The molecule has 3 aromatic carbocycles. The van der Waals surface area contributed by atoms with E-state index in [2.05, 4.69) is 22.5 Å². The first-order valence-corrected chi connectivity index (χ1v) is 13.0. The predicted octanol–water partition coefficient (Wildman–Crippen LogP) is 4.99. The van der Waals surface area contributed by atoms with Gasteiger partial charge in [-0.05, 0) is 79.9 Å². The van der Waals surface area contributed by atoms with Crippen LogP contribution in [0.5, 0.6) is 5.75 Å². The number of aliphatic hydroxyl groups excluding tert-OH is 1. The third-order valence-corrected chi connectivity index (χ3v) is 6.84. The van der Waals surface area contributed by atoms with Gasteiger partial charge < -0.3 is 25.4 Å². The molecule has 0 saturated carbocycles. The molecule has 1 fully saturated rings.